The first kappa shape index (κ1) is 15.2. The second-order valence-corrected chi connectivity index (χ2v) is 6.79. The molecule has 0 unspecified atom stereocenters. The number of hydrogen-bond donors (Lipinski definition) is 0. The summed E-state index contributed by atoms with van der Waals surface area (Å²) in [6.07, 6.45) is 0. The third kappa shape index (κ3) is 2.92. The SMILES string of the molecule is CCOC(=O)c1csc(Cn2c(=O)sc3ccc(Cl)cc32)n1. The second-order valence-electron chi connectivity index (χ2n) is 4.41. The van der Waals surface area contributed by atoms with E-state index >= 15 is 0 Å². The Hall–Kier alpha value is -1.70. The average Bonchev–Trinajstić information content (AvgIpc) is 3.06. The first-order valence-corrected chi connectivity index (χ1v) is 8.56. The molecule has 5 nitrogen and oxygen atoms in total. The Labute approximate surface area is 138 Å². The molecule has 0 N–H and O–H groups in total. The summed E-state index contributed by atoms with van der Waals surface area (Å²) in [7, 11) is 0. The van der Waals surface area contributed by atoms with E-state index in [-0.39, 0.29) is 10.6 Å². The molecule has 0 aliphatic carbocycles. The van der Waals surface area contributed by atoms with Crippen molar-refractivity contribution < 1.29 is 9.53 Å². The highest BCUT2D eigenvalue weighted by atomic mass is 35.5. The number of halogens is 1. The maximum Gasteiger partial charge on any atom is 0.357 e. The highest BCUT2D eigenvalue weighted by Gasteiger charge is 2.14. The zero-order valence-corrected chi connectivity index (χ0v) is 13.9. The van der Waals surface area contributed by atoms with E-state index in [1.807, 2.05) is 6.07 Å². The lowest BCUT2D eigenvalue weighted by Gasteiger charge is -2.01. The van der Waals surface area contributed by atoms with Gasteiger partial charge < -0.3 is 4.74 Å². The normalized spacial score (nSPS) is 11.0. The van der Waals surface area contributed by atoms with Crippen molar-refractivity contribution >= 4 is 50.5 Å². The van der Waals surface area contributed by atoms with Crippen LogP contribution >= 0.6 is 34.3 Å². The van der Waals surface area contributed by atoms with Crippen LogP contribution in [-0.4, -0.2) is 22.1 Å². The molecule has 0 spiro atoms. The van der Waals surface area contributed by atoms with Crippen LogP contribution in [0, 0.1) is 0 Å². The summed E-state index contributed by atoms with van der Waals surface area (Å²) in [5.41, 5.74) is 1.04. The van der Waals surface area contributed by atoms with Gasteiger partial charge in [-0.15, -0.1) is 11.3 Å². The summed E-state index contributed by atoms with van der Waals surface area (Å²) in [5.74, 6) is -0.449. The first-order chi connectivity index (χ1) is 10.6. The van der Waals surface area contributed by atoms with Crippen molar-refractivity contribution in [2.24, 2.45) is 0 Å². The predicted octanol–water partition coefficient (Wildman–Crippen LogP) is 3.40. The number of aromatic nitrogens is 2. The van der Waals surface area contributed by atoms with Gasteiger partial charge in [-0.05, 0) is 25.1 Å². The lowest BCUT2D eigenvalue weighted by atomic mass is 10.3. The minimum absolute atomic E-state index is 0.0786. The van der Waals surface area contributed by atoms with Crippen molar-refractivity contribution in [2.45, 2.75) is 13.5 Å². The van der Waals surface area contributed by atoms with Crippen LogP contribution in [0.2, 0.25) is 5.02 Å². The van der Waals surface area contributed by atoms with Crippen LogP contribution in [0.3, 0.4) is 0 Å². The maximum absolute atomic E-state index is 12.1. The van der Waals surface area contributed by atoms with Gasteiger partial charge >= 0.3 is 10.8 Å². The van der Waals surface area contributed by atoms with Gasteiger partial charge in [-0.2, -0.15) is 0 Å². The van der Waals surface area contributed by atoms with E-state index in [0.29, 0.717) is 23.2 Å². The quantitative estimate of drug-likeness (QED) is 0.674. The number of ether oxygens (including phenoxy) is 1. The van der Waals surface area contributed by atoms with Crippen LogP contribution in [0.25, 0.3) is 10.2 Å². The Morgan fingerprint density at radius 2 is 2.27 bits per heavy atom. The van der Waals surface area contributed by atoms with Gasteiger partial charge in [0.15, 0.2) is 5.69 Å². The van der Waals surface area contributed by atoms with Crippen molar-refractivity contribution in [1.29, 1.82) is 0 Å². The molecule has 0 saturated carbocycles. The van der Waals surface area contributed by atoms with Gasteiger partial charge in [-0.3, -0.25) is 9.36 Å². The fraction of sp³-hybridized carbons (Fsp3) is 0.214. The highest BCUT2D eigenvalue weighted by Crippen LogP contribution is 2.23. The Morgan fingerprint density at radius 3 is 3.05 bits per heavy atom. The van der Waals surface area contributed by atoms with Gasteiger partial charge in [0.25, 0.3) is 0 Å². The van der Waals surface area contributed by atoms with E-state index in [1.165, 1.54) is 11.3 Å². The van der Waals surface area contributed by atoms with Crippen LogP contribution in [0.4, 0.5) is 0 Å². The van der Waals surface area contributed by atoms with E-state index in [0.717, 1.165) is 21.6 Å². The van der Waals surface area contributed by atoms with Crippen molar-refractivity contribution in [2.75, 3.05) is 6.61 Å². The molecular formula is C14H11ClN2O3S2. The van der Waals surface area contributed by atoms with E-state index in [4.69, 9.17) is 16.3 Å². The topological polar surface area (TPSA) is 61.2 Å². The zero-order chi connectivity index (χ0) is 15.7. The summed E-state index contributed by atoms with van der Waals surface area (Å²) in [6, 6.07) is 5.34. The fourth-order valence-corrected chi connectivity index (χ4v) is 3.79. The van der Waals surface area contributed by atoms with Gasteiger partial charge in [-0.1, -0.05) is 22.9 Å². The number of thiazole rings is 2. The first-order valence-electron chi connectivity index (χ1n) is 6.49. The molecule has 2 aromatic heterocycles. The number of benzene rings is 1. The van der Waals surface area contributed by atoms with Gasteiger partial charge in [0.1, 0.15) is 5.01 Å². The fourth-order valence-electron chi connectivity index (χ4n) is 2.00. The molecule has 0 bridgehead atoms. The monoisotopic (exact) mass is 354 g/mol. The zero-order valence-electron chi connectivity index (χ0n) is 11.5. The summed E-state index contributed by atoms with van der Waals surface area (Å²) in [5, 5.41) is 2.88. The Balaban J connectivity index is 1.93. The molecule has 0 aliphatic rings. The molecule has 114 valence electrons. The highest BCUT2D eigenvalue weighted by molar-refractivity contribution is 7.16. The number of hydrogen-bond acceptors (Lipinski definition) is 6. The van der Waals surface area contributed by atoms with Crippen LogP contribution in [0.5, 0.6) is 0 Å². The molecule has 0 aliphatic heterocycles. The third-order valence-corrected chi connectivity index (χ3v) is 4.99. The molecule has 22 heavy (non-hydrogen) atoms. The summed E-state index contributed by atoms with van der Waals surface area (Å²) in [6.45, 7) is 2.36. The average molecular weight is 355 g/mol. The van der Waals surface area contributed by atoms with Gasteiger partial charge in [0.05, 0.1) is 23.4 Å². The minimum atomic E-state index is -0.449. The van der Waals surface area contributed by atoms with Crippen LogP contribution in [0.15, 0.2) is 28.4 Å². The molecule has 0 atom stereocenters. The second kappa shape index (κ2) is 6.20. The largest absolute Gasteiger partial charge is 0.461 e. The number of esters is 1. The number of fused-ring (bicyclic) bond motifs is 1. The third-order valence-electron chi connectivity index (χ3n) is 2.96. The molecule has 3 rings (SSSR count). The van der Waals surface area contributed by atoms with Crippen molar-refractivity contribution in [3.63, 3.8) is 0 Å². The molecule has 8 heteroatoms. The molecular weight excluding hydrogens is 344 g/mol. The minimum Gasteiger partial charge on any atom is -0.461 e. The standard InChI is InChI=1S/C14H11ClN2O3S2/c1-2-20-13(18)9-7-21-12(16-9)6-17-10-5-8(15)3-4-11(10)22-14(17)19/h3-5,7H,2,6H2,1H3. The van der Waals surface area contributed by atoms with Gasteiger partial charge in [-0.25, -0.2) is 9.78 Å². The molecule has 0 fully saturated rings. The lowest BCUT2D eigenvalue weighted by molar-refractivity contribution is 0.0520. The molecule has 0 radical (unpaired) electrons. The molecule has 3 aromatic rings. The van der Waals surface area contributed by atoms with E-state index < -0.39 is 5.97 Å². The molecule has 0 amide bonds. The van der Waals surface area contributed by atoms with Crippen LogP contribution in [-0.2, 0) is 11.3 Å². The smallest absolute Gasteiger partial charge is 0.357 e. The molecule has 0 saturated heterocycles. The van der Waals surface area contributed by atoms with Gasteiger partial charge in [0.2, 0.25) is 0 Å². The number of carbonyl (C=O) groups is 1. The van der Waals surface area contributed by atoms with E-state index in [2.05, 4.69) is 4.98 Å². The summed E-state index contributed by atoms with van der Waals surface area (Å²) >= 11 is 8.48. The van der Waals surface area contributed by atoms with E-state index in [1.54, 1.807) is 29.0 Å². The molecule has 2 heterocycles. The summed E-state index contributed by atoms with van der Waals surface area (Å²) in [4.78, 5) is 27.9. The number of rotatable bonds is 4. The van der Waals surface area contributed by atoms with Crippen LogP contribution < -0.4 is 4.87 Å². The lowest BCUT2D eigenvalue weighted by Crippen LogP contribution is -2.13. The molecule has 1 aromatic carbocycles. The van der Waals surface area contributed by atoms with Crippen LogP contribution in [0.1, 0.15) is 22.4 Å². The Morgan fingerprint density at radius 1 is 1.45 bits per heavy atom. The van der Waals surface area contributed by atoms with Crippen molar-refractivity contribution in [3.05, 3.63) is 49.0 Å². The van der Waals surface area contributed by atoms with Crippen molar-refractivity contribution in [3.8, 4) is 0 Å². The van der Waals surface area contributed by atoms with E-state index in [9.17, 15) is 9.59 Å². The van der Waals surface area contributed by atoms with Gasteiger partial charge in [0, 0.05) is 10.4 Å². The Kier molecular flexibility index (Phi) is 4.28. The maximum atomic E-state index is 12.1. The Bertz CT molecular complexity index is 897. The number of nitrogens with zero attached hydrogens (tertiary/aromatic N) is 2. The number of carbonyl (C=O) groups excluding carboxylic acids is 1. The van der Waals surface area contributed by atoms with Crippen molar-refractivity contribution in [1.82, 2.24) is 9.55 Å². The summed E-state index contributed by atoms with van der Waals surface area (Å²) < 4.78 is 7.39. The predicted molar refractivity (Wildman–Crippen MR) is 88.3 cm³/mol.